The number of carbonyl (C=O) groups excluding carboxylic acids is 1. The van der Waals surface area contributed by atoms with Crippen LogP contribution in [0.2, 0.25) is 5.02 Å². The van der Waals surface area contributed by atoms with Gasteiger partial charge >= 0.3 is 0 Å². The van der Waals surface area contributed by atoms with Crippen molar-refractivity contribution < 1.29 is 4.79 Å². The van der Waals surface area contributed by atoms with Crippen molar-refractivity contribution in [2.24, 2.45) is 12.0 Å². The minimum absolute atomic E-state index is 0.342. The first kappa shape index (κ1) is 9.97. The summed E-state index contributed by atoms with van der Waals surface area (Å²) in [5, 5.41) is 1.70. The van der Waals surface area contributed by atoms with E-state index in [4.69, 9.17) is 11.6 Å². The van der Waals surface area contributed by atoms with Gasteiger partial charge in [0.2, 0.25) is 6.08 Å². The summed E-state index contributed by atoms with van der Waals surface area (Å²) in [6.07, 6.45) is 3.39. The third-order valence-electron chi connectivity index (χ3n) is 2.35. The average molecular weight is 221 g/mol. The number of para-hydroxylation sites is 1. The van der Waals surface area contributed by atoms with Crippen molar-refractivity contribution in [2.75, 3.05) is 0 Å². The van der Waals surface area contributed by atoms with Crippen molar-refractivity contribution in [2.45, 2.75) is 6.54 Å². The number of hydrogen-bond donors (Lipinski definition) is 0. The van der Waals surface area contributed by atoms with Gasteiger partial charge in [0, 0.05) is 18.6 Å². The van der Waals surface area contributed by atoms with Crippen LogP contribution in [0.4, 0.5) is 0 Å². The van der Waals surface area contributed by atoms with Crippen LogP contribution in [0.5, 0.6) is 0 Å². The van der Waals surface area contributed by atoms with Gasteiger partial charge in [-0.2, -0.15) is 0 Å². The molecule has 0 saturated heterocycles. The highest BCUT2D eigenvalue weighted by atomic mass is 35.5. The molecule has 3 nitrogen and oxygen atoms in total. The summed E-state index contributed by atoms with van der Waals surface area (Å²) >= 11 is 6.06. The Bertz CT molecular complexity index is 553. The SMILES string of the molecule is Cn1cc(Cl)c2cccc(CN=C=O)c21. The maximum absolute atomic E-state index is 10.1. The molecular weight excluding hydrogens is 212 g/mol. The van der Waals surface area contributed by atoms with Crippen molar-refractivity contribution in [1.82, 2.24) is 4.57 Å². The van der Waals surface area contributed by atoms with E-state index in [0.29, 0.717) is 11.6 Å². The largest absolute Gasteiger partial charge is 0.349 e. The lowest BCUT2D eigenvalue weighted by Gasteiger charge is -2.01. The third kappa shape index (κ3) is 1.67. The van der Waals surface area contributed by atoms with Gasteiger partial charge in [-0.15, -0.1) is 0 Å². The molecule has 0 atom stereocenters. The van der Waals surface area contributed by atoms with Crippen LogP contribution in [0.25, 0.3) is 10.9 Å². The topological polar surface area (TPSA) is 34.4 Å². The number of rotatable bonds is 2. The summed E-state index contributed by atoms with van der Waals surface area (Å²) in [6, 6.07) is 5.79. The van der Waals surface area contributed by atoms with Gasteiger partial charge in [-0.3, -0.25) is 0 Å². The molecule has 0 spiro atoms. The fourth-order valence-corrected chi connectivity index (χ4v) is 2.05. The molecule has 2 rings (SSSR count). The quantitative estimate of drug-likeness (QED) is 0.566. The molecule has 76 valence electrons. The molecule has 1 heterocycles. The van der Waals surface area contributed by atoms with Crippen LogP contribution < -0.4 is 0 Å². The van der Waals surface area contributed by atoms with E-state index < -0.39 is 0 Å². The first-order valence-electron chi connectivity index (χ1n) is 4.50. The molecule has 0 aliphatic carbocycles. The van der Waals surface area contributed by atoms with Crippen molar-refractivity contribution in [1.29, 1.82) is 0 Å². The maximum atomic E-state index is 10.1. The zero-order chi connectivity index (χ0) is 10.8. The number of benzene rings is 1. The van der Waals surface area contributed by atoms with Crippen LogP contribution >= 0.6 is 11.6 Å². The summed E-state index contributed by atoms with van der Waals surface area (Å²) < 4.78 is 1.94. The molecule has 0 saturated carbocycles. The van der Waals surface area contributed by atoms with Gasteiger partial charge in [-0.05, 0) is 5.56 Å². The van der Waals surface area contributed by atoms with Gasteiger partial charge < -0.3 is 4.57 Å². The molecule has 0 N–H and O–H groups in total. The van der Waals surface area contributed by atoms with Gasteiger partial charge in [0.15, 0.2) is 0 Å². The van der Waals surface area contributed by atoms with Gasteiger partial charge in [-0.25, -0.2) is 9.79 Å². The predicted molar refractivity (Wildman–Crippen MR) is 59.8 cm³/mol. The highest BCUT2D eigenvalue weighted by Crippen LogP contribution is 2.27. The lowest BCUT2D eigenvalue weighted by molar-refractivity contribution is 0.563. The lowest BCUT2D eigenvalue weighted by Crippen LogP contribution is -1.90. The number of fused-ring (bicyclic) bond motifs is 1. The molecule has 1 aromatic carbocycles. The van der Waals surface area contributed by atoms with E-state index in [1.807, 2.05) is 36.0 Å². The van der Waals surface area contributed by atoms with Gasteiger partial charge in [-0.1, -0.05) is 29.8 Å². The Morgan fingerprint density at radius 1 is 1.53 bits per heavy atom. The molecule has 15 heavy (non-hydrogen) atoms. The molecule has 0 bridgehead atoms. The summed E-state index contributed by atoms with van der Waals surface area (Å²) in [5.41, 5.74) is 1.99. The lowest BCUT2D eigenvalue weighted by atomic mass is 10.1. The number of nitrogens with zero attached hydrogens (tertiary/aromatic N) is 2. The molecule has 0 fully saturated rings. The fraction of sp³-hybridized carbons (Fsp3) is 0.182. The third-order valence-corrected chi connectivity index (χ3v) is 2.65. The van der Waals surface area contributed by atoms with Crippen molar-refractivity contribution in [3.05, 3.63) is 35.0 Å². The number of halogens is 1. The van der Waals surface area contributed by atoms with Gasteiger partial charge in [0.05, 0.1) is 17.1 Å². The van der Waals surface area contributed by atoms with E-state index in [-0.39, 0.29) is 0 Å². The van der Waals surface area contributed by atoms with E-state index >= 15 is 0 Å². The zero-order valence-electron chi connectivity index (χ0n) is 8.20. The van der Waals surface area contributed by atoms with E-state index in [1.54, 1.807) is 0 Å². The second kappa shape index (κ2) is 3.89. The Hall–Kier alpha value is -1.57. The maximum Gasteiger partial charge on any atom is 0.235 e. The zero-order valence-corrected chi connectivity index (χ0v) is 8.95. The smallest absolute Gasteiger partial charge is 0.235 e. The number of hydrogen-bond acceptors (Lipinski definition) is 2. The number of isocyanates is 1. The van der Waals surface area contributed by atoms with Crippen molar-refractivity contribution in [3.8, 4) is 0 Å². The first-order valence-corrected chi connectivity index (χ1v) is 4.88. The average Bonchev–Trinajstić information content (AvgIpc) is 2.53. The first-order chi connectivity index (χ1) is 7.24. The summed E-state index contributed by atoms with van der Waals surface area (Å²) in [5.74, 6) is 0. The van der Waals surface area contributed by atoms with Crippen LogP contribution in [0.3, 0.4) is 0 Å². The minimum Gasteiger partial charge on any atom is -0.349 e. The summed E-state index contributed by atoms with van der Waals surface area (Å²) in [4.78, 5) is 13.7. The van der Waals surface area contributed by atoms with Crippen LogP contribution in [-0.2, 0) is 18.4 Å². The predicted octanol–water partition coefficient (Wildman–Crippen LogP) is 2.67. The molecule has 0 radical (unpaired) electrons. The molecule has 0 aliphatic rings. The summed E-state index contributed by atoms with van der Waals surface area (Å²) in [6.45, 7) is 0.342. The highest BCUT2D eigenvalue weighted by molar-refractivity contribution is 6.35. The van der Waals surface area contributed by atoms with Gasteiger partial charge in [0.1, 0.15) is 0 Å². The molecule has 1 aromatic heterocycles. The second-order valence-corrected chi connectivity index (χ2v) is 3.72. The van der Waals surface area contributed by atoms with E-state index in [2.05, 4.69) is 4.99 Å². The number of aryl methyl sites for hydroxylation is 1. The Balaban J connectivity index is 2.69. The minimum atomic E-state index is 0.342. The van der Waals surface area contributed by atoms with Crippen LogP contribution in [-0.4, -0.2) is 10.6 Å². The summed E-state index contributed by atoms with van der Waals surface area (Å²) in [7, 11) is 1.92. The second-order valence-electron chi connectivity index (χ2n) is 3.31. The molecular formula is C11H9ClN2O. The molecule has 0 unspecified atom stereocenters. The Labute approximate surface area is 92.0 Å². The Kier molecular flexibility index (Phi) is 2.58. The van der Waals surface area contributed by atoms with Crippen LogP contribution in [0.1, 0.15) is 5.56 Å². The van der Waals surface area contributed by atoms with Crippen molar-refractivity contribution >= 4 is 28.6 Å². The molecule has 4 heteroatoms. The van der Waals surface area contributed by atoms with Crippen molar-refractivity contribution in [3.63, 3.8) is 0 Å². The van der Waals surface area contributed by atoms with E-state index in [0.717, 1.165) is 16.5 Å². The van der Waals surface area contributed by atoms with Crippen LogP contribution in [0.15, 0.2) is 29.4 Å². The Morgan fingerprint density at radius 3 is 3.07 bits per heavy atom. The van der Waals surface area contributed by atoms with Crippen LogP contribution in [0, 0.1) is 0 Å². The molecule has 0 amide bonds. The Morgan fingerprint density at radius 2 is 2.33 bits per heavy atom. The van der Waals surface area contributed by atoms with E-state index in [1.165, 1.54) is 6.08 Å². The molecule has 2 aromatic rings. The highest BCUT2D eigenvalue weighted by Gasteiger charge is 2.07. The molecule has 0 aliphatic heterocycles. The fourth-order valence-electron chi connectivity index (χ4n) is 1.75. The standard InChI is InChI=1S/C11H9ClN2O/c1-14-6-10(12)9-4-2-3-8(11(9)14)5-13-7-15/h2-4,6H,5H2,1H3. The van der Waals surface area contributed by atoms with E-state index in [9.17, 15) is 4.79 Å². The normalized spacial score (nSPS) is 10.3. The van der Waals surface area contributed by atoms with Gasteiger partial charge in [0.25, 0.3) is 0 Å². The monoisotopic (exact) mass is 220 g/mol. The number of aliphatic imine (C=N–C) groups is 1. The number of aromatic nitrogens is 1.